The minimum atomic E-state index is -0.644. The molecule has 0 unspecified atom stereocenters. The number of oxazole rings is 1. The molecule has 1 amide bonds. The number of carbonyl (C=O) groups excluding carboxylic acids is 1. The summed E-state index contributed by atoms with van der Waals surface area (Å²) in [4.78, 5) is 15.3. The fraction of sp³-hybridized carbons (Fsp3) is 0. The van der Waals surface area contributed by atoms with E-state index in [1.165, 1.54) is 10.9 Å². The van der Waals surface area contributed by atoms with Crippen LogP contribution in [0.1, 0.15) is 10.4 Å². The second kappa shape index (κ2) is 3.59. The fourth-order valence-electron chi connectivity index (χ4n) is 1.65. The van der Waals surface area contributed by atoms with Crippen molar-refractivity contribution in [2.45, 2.75) is 0 Å². The van der Waals surface area contributed by atoms with Crippen LogP contribution in [-0.4, -0.2) is 20.7 Å². The molecule has 7 heteroatoms. The van der Waals surface area contributed by atoms with Crippen LogP contribution >= 0.6 is 0 Å². The second-order valence-corrected chi connectivity index (χ2v) is 3.68. The molecule has 3 rings (SSSR count). The van der Waals surface area contributed by atoms with Gasteiger partial charge < -0.3 is 15.9 Å². The SMILES string of the molecule is NC(=O)c1cnn(-c2nc3ccccc3o2)c1N. The summed E-state index contributed by atoms with van der Waals surface area (Å²) in [5, 5.41) is 3.94. The molecule has 2 aromatic heterocycles. The van der Waals surface area contributed by atoms with Gasteiger partial charge in [-0.05, 0) is 12.1 Å². The number of primary amides is 1. The number of aromatic nitrogens is 3. The van der Waals surface area contributed by atoms with Crippen molar-refractivity contribution in [1.82, 2.24) is 14.8 Å². The van der Waals surface area contributed by atoms with E-state index in [2.05, 4.69) is 10.1 Å². The van der Waals surface area contributed by atoms with Gasteiger partial charge in [-0.25, -0.2) is 0 Å². The number of hydrogen-bond donors (Lipinski definition) is 2. The molecule has 0 aliphatic heterocycles. The van der Waals surface area contributed by atoms with Crippen LogP contribution in [0.25, 0.3) is 17.1 Å². The molecule has 18 heavy (non-hydrogen) atoms. The third-order valence-electron chi connectivity index (χ3n) is 2.54. The summed E-state index contributed by atoms with van der Waals surface area (Å²) in [5.74, 6) is -0.538. The first kappa shape index (κ1) is 10.3. The van der Waals surface area contributed by atoms with Crippen molar-refractivity contribution < 1.29 is 9.21 Å². The largest absolute Gasteiger partial charge is 0.422 e. The zero-order valence-electron chi connectivity index (χ0n) is 9.20. The predicted molar refractivity (Wildman–Crippen MR) is 64.1 cm³/mol. The topological polar surface area (TPSA) is 113 Å². The third-order valence-corrected chi connectivity index (χ3v) is 2.54. The van der Waals surface area contributed by atoms with Crippen molar-refractivity contribution in [3.05, 3.63) is 36.0 Å². The van der Waals surface area contributed by atoms with Crippen molar-refractivity contribution in [3.63, 3.8) is 0 Å². The van der Waals surface area contributed by atoms with Crippen LogP contribution in [0.4, 0.5) is 5.82 Å². The highest BCUT2D eigenvalue weighted by atomic mass is 16.4. The van der Waals surface area contributed by atoms with Gasteiger partial charge in [-0.15, -0.1) is 0 Å². The van der Waals surface area contributed by atoms with Crippen molar-refractivity contribution >= 4 is 22.8 Å². The summed E-state index contributed by atoms with van der Waals surface area (Å²) in [6.45, 7) is 0. The number of nitrogens with two attached hydrogens (primary N) is 2. The molecule has 0 fully saturated rings. The number of nitrogen functional groups attached to an aromatic ring is 1. The van der Waals surface area contributed by atoms with E-state index < -0.39 is 5.91 Å². The highest BCUT2D eigenvalue weighted by Crippen LogP contribution is 2.20. The summed E-state index contributed by atoms with van der Waals surface area (Å²) in [6, 6.07) is 7.45. The second-order valence-electron chi connectivity index (χ2n) is 3.68. The van der Waals surface area contributed by atoms with Gasteiger partial charge in [0.25, 0.3) is 5.91 Å². The highest BCUT2D eigenvalue weighted by Gasteiger charge is 2.16. The summed E-state index contributed by atoms with van der Waals surface area (Å²) in [6.07, 6.45) is 1.28. The maximum absolute atomic E-state index is 11.1. The molecule has 0 saturated heterocycles. The summed E-state index contributed by atoms with van der Waals surface area (Å²) < 4.78 is 6.72. The van der Waals surface area contributed by atoms with Gasteiger partial charge >= 0.3 is 6.01 Å². The quantitative estimate of drug-likeness (QED) is 0.687. The molecule has 3 aromatic rings. The van der Waals surface area contributed by atoms with Crippen LogP contribution in [0.3, 0.4) is 0 Å². The molecular weight excluding hydrogens is 234 g/mol. The van der Waals surface area contributed by atoms with Gasteiger partial charge in [-0.3, -0.25) is 4.79 Å². The average Bonchev–Trinajstić information content (AvgIpc) is 2.91. The number of amides is 1. The molecule has 0 spiro atoms. The van der Waals surface area contributed by atoms with Gasteiger partial charge in [0.05, 0.1) is 6.20 Å². The first-order chi connectivity index (χ1) is 8.66. The monoisotopic (exact) mass is 243 g/mol. The smallest absolute Gasteiger partial charge is 0.325 e. The van der Waals surface area contributed by atoms with Gasteiger partial charge in [-0.1, -0.05) is 12.1 Å². The summed E-state index contributed by atoms with van der Waals surface area (Å²) >= 11 is 0. The van der Waals surface area contributed by atoms with Crippen LogP contribution in [0.2, 0.25) is 0 Å². The highest BCUT2D eigenvalue weighted by molar-refractivity contribution is 5.97. The molecule has 0 atom stereocenters. The van der Waals surface area contributed by atoms with E-state index in [1.807, 2.05) is 12.1 Å². The van der Waals surface area contributed by atoms with E-state index in [4.69, 9.17) is 15.9 Å². The minimum absolute atomic E-state index is 0.106. The Balaban J connectivity index is 2.17. The Morgan fingerprint density at radius 3 is 2.78 bits per heavy atom. The van der Waals surface area contributed by atoms with Gasteiger partial charge in [0.2, 0.25) is 0 Å². The molecule has 0 bridgehead atoms. The molecule has 0 saturated carbocycles. The third kappa shape index (κ3) is 1.41. The minimum Gasteiger partial charge on any atom is -0.422 e. The molecule has 0 aliphatic rings. The maximum Gasteiger partial charge on any atom is 0.325 e. The van der Waals surface area contributed by atoms with Crippen LogP contribution in [0.15, 0.2) is 34.9 Å². The number of fused-ring (bicyclic) bond motifs is 1. The molecule has 1 aromatic carbocycles. The number of rotatable bonds is 2. The van der Waals surface area contributed by atoms with Crippen molar-refractivity contribution in [2.75, 3.05) is 5.73 Å². The normalized spacial score (nSPS) is 10.9. The Kier molecular flexibility index (Phi) is 2.06. The number of nitrogens with zero attached hydrogens (tertiary/aromatic N) is 3. The Morgan fingerprint density at radius 2 is 2.11 bits per heavy atom. The van der Waals surface area contributed by atoms with Crippen LogP contribution in [0, 0.1) is 0 Å². The van der Waals surface area contributed by atoms with Crippen LogP contribution < -0.4 is 11.5 Å². The van der Waals surface area contributed by atoms with E-state index in [1.54, 1.807) is 12.1 Å². The lowest BCUT2D eigenvalue weighted by Crippen LogP contribution is -2.13. The Bertz CT molecular complexity index is 710. The van der Waals surface area contributed by atoms with Crippen LogP contribution in [0.5, 0.6) is 0 Å². The number of anilines is 1. The van der Waals surface area contributed by atoms with Crippen molar-refractivity contribution in [2.24, 2.45) is 5.73 Å². The van der Waals surface area contributed by atoms with E-state index in [0.29, 0.717) is 11.1 Å². The summed E-state index contributed by atoms with van der Waals surface area (Å²) in [5.41, 5.74) is 12.3. The zero-order valence-corrected chi connectivity index (χ0v) is 9.20. The van der Waals surface area contributed by atoms with Crippen molar-refractivity contribution in [3.8, 4) is 6.01 Å². The predicted octanol–water partition coefficient (Wildman–Crippen LogP) is 0.695. The van der Waals surface area contributed by atoms with Crippen LogP contribution in [-0.2, 0) is 0 Å². The Morgan fingerprint density at radius 1 is 1.33 bits per heavy atom. The lowest BCUT2D eigenvalue weighted by atomic mass is 10.3. The van der Waals surface area contributed by atoms with Gasteiger partial charge in [0, 0.05) is 0 Å². The Labute approximate surface area is 101 Å². The average molecular weight is 243 g/mol. The zero-order chi connectivity index (χ0) is 12.7. The van der Waals surface area contributed by atoms with Crippen molar-refractivity contribution in [1.29, 1.82) is 0 Å². The van der Waals surface area contributed by atoms with Gasteiger partial charge in [0.15, 0.2) is 5.58 Å². The lowest BCUT2D eigenvalue weighted by Gasteiger charge is -1.97. The molecule has 7 nitrogen and oxygen atoms in total. The molecule has 90 valence electrons. The lowest BCUT2D eigenvalue weighted by molar-refractivity contribution is 0.100. The number of benzene rings is 1. The number of para-hydroxylation sites is 2. The number of carbonyl (C=O) groups is 1. The Hall–Kier alpha value is -2.83. The number of hydrogen-bond acceptors (Lipinski definition) is 5. The first-order valence-electron chi connectivity index (χ1n) is 5.16. The van der Waals surface area contributed by atoms with Gasteiger partial charge in [-0.2, -0.15) is 14.8 Å². The maximum atomic E-state index is 11.1. The molecule has 0 aliphatic carbocycles. The molecular formula is C11H9N5O2. The van der Waals surface area contributed by atoms with E-state index in [-0.39, 0.29) is 17.4 Å². The summed E-state index contributed by atoms with van der Waals surface area (Å²) in [7, 11) is 0. The van der Waals surface area contributed by atoms with E-state index >= 15 is 0 Å². The fourth-order valence-corrected chi connectivity index (χ4v) is 1.65. The first-order valence-corrected chi connectivity index (χ1v) is 5.16. The standard InChI is InChI=1S/C11H9N5O2/c12-9-6(10(13)17)5-14-16(9)11-15-7-3-1-2-4-8(7)18-11/h1-5H,12H2,(H2,13,17). The molecule has 2 heterocycles. The molecule has 0 radical (unpaired) electrons. The van der Waals surface area contributed by atoms with E-state index in [0.717, 1.165) is 0 Å². The molecule has 4 N–H and O–H groups in total. The van der Waals surface area contributed by atoms with E-state index in [9.17, 15) is 4.79 Å². The van der Waals surface area contributed by atoms with Gasteiger partial charge in [0.1, 0.15) is 16.9 Å².